The van der Waals surface area contributed by atoms with Gasteiger partial charge in [-0.25, -0.2) is 4.98 Å². The molecule has 0 unspecified atom stereocenters. The number of imidazole rings is 1. The molecule has 0 aromatic carbocycles. The van der Waals surface area contributed by atoms with Gasteiger partial charge in [-0.15, -0.1) is 0 Å². The van der Waals surface area contributed by atoms with Crippen molar-refractivity contribution in [2.24, 2.45) is 0 Å². The maximum atomic E-state index is 5.30. The van der Waals surface area contributed by atoms with E-state index >= 15 is 0 Å². The van der Waals surface area contributed by atoms with Crippen LogP contribution in [-0.4, -0.2) is 42.8 Å². The molecule has 84 valence electrons. The Morgan fingerprint density at radius 2 is 2.33 bits per heavy atom. The summed E-state index contributed by atoms with van der Waals surface area (Å²) in [5, 5.41) is 3.27. The van der Waals surface area contributed by atoms with Gasteiger partial charge < -0.3 is 19.9 Å². The Kier molecular flexibility index (Phi) is 3.58. The zero-order valence-corrected chi connectivity index (χ0v) is 9.12. The molecule has 0 saturated carbocycles. The molecule has 1 aliphatic rings. The van der Waals surface area contributed by atoms with Crippen molar-refractivity contribution >= 4 is 5.95 Å². The molecule has 2 rings (SSSR count). The van der Waals surface area contributed by atoms with Crippen molar-refractivity contribution in [2.45, 2.75) is 13.5 Å². The number of rotatable bonds is 4. The largest absolute Gasteiger partial charge is 0.378 e. The van der Waals surface area contributed by atoms with Crippen molar-refractivity contribution in [1.29, 1.82) is 0 Å². The van der Waals surface area contributed by atoms with Crippen molar-refractivity contribution in [3.8, 4) is 0 Å². The average Bonchev–Trinajstić information content (AvgIpc) is 2.76. The summed E-state index contributed by atoms with van der Waals surface area (Å²) in [5.74, 6) is 0.964. The van der Waals surface area contributed by atoms with E-state index in [1.807, 2.05) is 6.20 Å². The van der Waals surface area contributed by atoms with E-state index in [1.165, 1.54) is 0 Å². The van der Waals surface area contributed by atoms with Gasteiger partial charge in [0.1, 0.15) is 0 Å². The molecule has 1 aromatic rings. The number of hydrogen-bond acceptors (Lipinski definition) is 4. The van der Waals surface area contributed by atoms with Gasteiger partial charge in [0.2, 0.25) is 5.95 Å². The summed E-state index contributed by atoms with van der Waals surface area (Å²) < 4.78 is 5.30. The maximum Gasteiger partial charge on any atom is 0.203 e. The zero-order chi connectivity index (χ0) is 10.5. The number of H-pyrrole nitrogens is 1. The smallest absolute Gasteiger partial charge is 0.203 e. The molecule has 5 nitrogen and oxygen atoms in total. The number of hydrogen-bond donors (Lipinski definition) is 2. The van der Waals surface area contributed by atoms with Crippen molar-refractivity contribution in [1.82, 2.24) is 15.3 Å². The summed E-state index contributed by atoms with van der Waals surface area (Å²) in [6, 6.07) is 0. The molecule has 1 aromatic heterocycles. The van der Waals surface area contributed by atoms with Gasteiger partial charge in [0.25, 0.3) is 0 Å². The van der Waals surface area contributed by atoms with Gasteiger partial charge in [0, 0.05) is 19.6 Å². The van der Waals surface area contributed by atoms with Crippen LogP contribution < -0.4 is 10.2 Å². The molecular weight excluding hydrogens is 192 g/mol. The van der Waals surface area contributed by atoms with E-state index < -0.39 is 0 Å². The van der Waals surface area contributed by atoms with E-state index in [-0.39, 0.29) is 0 Å². The fraction of sp³-hybridized carbons (Fsp3) is 0.700. The molecule has 2 heterocycles. The molecule has 2 N–H and O–H groups in total. The van der Waals surface area contributed by atoms with Gasteiger partial charge in [-0.2, -0.15) is 0 Å². The van der Waals surface area contributed by atoms with Crippen molar-refractivity contribution < 1.29 is 4.74 Å². The van der Waals surface area contributed by atoms with E-state index in [9.17, 15) is 0 Å². The first-order chi connectivity index (χ1) is 7.40. The van der Waals surface area contributed by atoms with Crippen LogP contribution in [0.3, 0.4) is 0 Å². The van der Waals surface area contributed by atoms with Crippen LogP contribution in [0.15, 0.2) is 6.20 Å². The van der Waals surface area contributed by atoms with Crippen LogP contribution in [0.4, 0.5) is 5.95 Å². The molecule has 0 bridgehead atoms. The summed E-state index contributed by atoms with van der Waals surface area (Å²) in [5.41, 5.74) is 1.14. The minimum atomic E-state index is 0.795. The van der Waals surface area contributed by atoms with Crippen molar-refractivity contribution in [3.63, 3.8) is 0 Å². The lowest BCUT2D eigenvalue weighted by molar-refractivity contribution is 0.122. The number of morpholine rings is 1. The second-order valence-corrected chi connectivity index (χ2v) is 3.61. The van der Waals surface area contributed by atoms with Crippen molar-refractivity contribution in [2.75, 3.05) is 37.7 Å². The second-order valence-electron chi connectivity index (χ2n) is 3.61. The summed E-state index contributed by atoms with van der Waals surface area (Å²) in [4.78, 5) is 9.90. The number of aromatic amines is 1. The fourth-order valence-corrected chi connectivity index (χ4v) is 1.63. The summed E-state index contributed by atoms with van der Waals surface area (Å²) in [7, 11) is 0. The number of anilines is 1. The Morgan fingerprint density at radius 3 is 3.07 bits per heavy atom. The lowest BCUT2D eigenvalue weighted by atomic mass is 10.4. The monoisotopic (exact) mass is 210 g/mol. The third-order valence-corrected chi connectivity index (χ3v) is 2.49. The molecule has 0 amide bonds. The van der Waals surface area contributed by atoms with Gasteiger partial charge in [-0.05, 0) is 6.54 Å². The molecule has 1 saturated heterocycles. The average molecular weight is 210 g/mol. The highest BCUT2D eigenvalue weighted by Crippen LogP contribution is 2.10. The Morgan fingerprint density at radius 1 is 1.53 bits per heavy atom. The minimum absolute atomic E-state index is 0.795. The lowest BCUT2D eigenvalue weighted by Crippen LogP contribution is -2.36. The van der Waals surface area contributed by atoms with Gasteiger partial charge >= 0.3 is 0 Å². The summed E-state index contributed by atoms with van der Waals surface area (Å²) in [6.07, 6.45) is 1.90. The van der Waals surface area contributed by atoms with E-state index in [2.05, 4.69) is 27.1 Å². The third kappa shape index (κ3) is 2.70. The Labute approximate surface area is 89.8 Å². The third-order valence-electron chi connectivity index (χ3n) is 2.49. The van der Waals surface area contributed by atoms with E-state index in [0.29, 0.717) is 0 Å². The second kappa shape index (κ2) is 5.14. The number of nitrogens with one attached hydrogen (secondary N) is 2. The highest BCUT2D eigenvalue weighted by atomic mass is 16.5. The number of nitrogens with zero attached hydrogens (tertiary/aromatic N) is 2. The van der Waals surface area contributed by atoms with Gasteiger partial charge in [-0.1, -0.05) is 6.92 Å². The molecule has 15 heavy (non-hydrogen) atoms. The normalized spacial score (nSPS) is 17.0. The predicted molar refractivity (Wildman–Crippen MR) is 59.0 cm³/mol. The Hall–Kier alpha value is -1.07. The van der Waals surface area contributed by atoms with Crippen molar-refractivity contribution in [3.05, 3.63) is 11.9 Å². The van der Waals surface area contributed by atoms with Crippen LogP contribution in [0.2, 0.25) is 0 Å². The van der Waals surface area contributed by atoms with Crippen LogP contribution in [0.5, 0.6) is 0 Å². The van der Waals surface area contributed by atoms with Gasteiger partial charge in [-0.3, -0.25) is 0 Å². The predicted octanol–water partition coefficient (Wildman–Crippen LogP) is 0.356. The molecule has 0 spiro atoms. The highest BCUT2D eigenvalue weighted by Gasteiger charge is 2.13. The van der Waals surface area contributed by atoms with Gasteiger partial charge in [0.15, 0.2) is 0 Å². The summed E-state index contributed by atoms with van der Waals surface area (Å²) in [6.45, 7) is 7.37. The first-order valence-electron chi connectivity index (χ1n) is 5.47. The quantitative estimate of drug-likeness (QED) is 0.753. The van der Waals surface area contributed by atoms with Gasteiger partial charge in [0.05, 0.1) is 25.1 Å². The van der Waals surface area contributed by atoms with E-state index in [0.717, 1.165) is 51.0 Å². The fourth-order valence-electron chi connectivity index (χ4n) is 1.63. The SMILES string of the molecule is CCNCc1cnc(N2CCOCC2)[nH]1. The highest BCUT2D eigenvalue weighted by molar-refractivity contribution is 5.31. The Balaban J connectivity index is 1.93. The number of aromatic nitrogens is 2. The lowest BCUT2D eigenvalue weighted by Gasteiger charge is -2.26. The summed E-state index contributed by atoms with van der Waals surface area (Å²) >= 11 is 0. The van der Waals surface area contributed by atoms with E-state index in [1.54, 1.807) is 0 Å². The van der Waals surface area contributed by atoms with Crippen LogP contribution in [0, 0.1) is 0 Å². The molecule has 0 atom stereocenters. The minimum Gasteiger partial charge on any atom is -0.378 e. The number of ether oxygens (including phenoxy) is 1. The van der Waals surface area contributed by atoms with Crippen LogP contribution in [-0.2, 0) is 11.3 Å². The molecule has 1 aliphatic heterocycles. The first kappa shape index (κ1) is 10.4. The van der Waals surface area contributed by atoms with Crippen LogP contribution in [0.1, 0.15) is 12.6 Å². The Bertz CT molecular complexity index is 293. The van der Waals surface area contributed by atoms with E-state index in [4.69, 9.17) is 4.74 Å². The maximum absolute atomic E-state index is 5.30. The first-order valence-corrected chi connectivity index (χ1v) is 5.47. The molecule has 5 heteroatoms. The molecule has 0 radical (unpaired) electrons. The molecule has 1 fully saturated rings. The van der Waals surface area contributed by atoms with Crippen LogP contribution >= 0.6 is 0 Å². The standard InChI is InChI=1S/C10H18N4O/c1-2-11-7-9-8-12-10(13-9)14-3-5-15-6-4-14/h8,11H,2-7H2,1H3,(H,12,13). The topological polar surface area (TPSA) is 53.2 Å². The zero-order valence-electron chi connectivity index (χ0n) is 9.12. The molecule has 0 aliphatic carbocycles. The molecular formula is C10H18N4O. The van der Waals surface area contributed by atoms with Crippen LogP contribution in [0.25, 0.3) is 0 Å².